The van der Waals surface area contributed by atoms with E-state index in [1.807, 2.05) is 36.4 Å². The molecule has 0 bridgehead atoms. The van der Waals surface area contributed by atoms with E-state index in [0.717, 1.165) is 22.4 Å². The van der Waals surface area contributed by atoms with Gasteiger partial charge in [-0.15, -0.1) is 0 Å². The molecule has 19 heavy (non-hydrogen) atoms. The first-order valence-corrected chi connectivity index (χ1v) is 6.10. The molecular weight excluding hydrogens is 260 g/mol. The molecule has 0 saturated carbocycles. The summed E-state index contributed by atoms with van der Waals surface area (Å²) in [5.74, 6) is 1.26. The van der Waals surface area contributed by atoms with Crippen molar-refractivity contribution in [3.63, 3.8) is 0 Å². The number of imidazole rings is 1. The summed E-state index contributed by atoms with van der Waals surface area (Å²) in [6.45, 7) is 0. The van der Waals surface area contributed by atoms with E-state index < -0.39 is 0 Å². The number of hydrogen-bond acceptors (Lipinski definition) is 4. The minimum absolute atomic E-state index is 0. The Kier molecular flexibility index (Phi) is 3.73. The Bertz CT molecular complexity index is 665. The molecule has 98 valence electrons. The Hall–Kier alpha value is -2.05. The molecular formula is C13H14N4OS. The van der Waals surface area contributed by atoms with Gasteiger partial charge in [0.2, 0.25) is 0 Å². The van der Waals surface area contributed by atoms with Gasteiger partial charge < -0.3 is 16.2 Å². The number of anilines is 1. The highest BCUT2D eigenvalue weighted by Gasteiger charge is 2.16. The van der Waals surface area contributed by atoms with Gasteiger partial charge in [0.15, 0.2) is 0 Å². The molecule has 0 aliphatic heterocycles. The minimum atomic E-state index is -0.203. The fourth-order valence-electron chi connectivity index (χ4n) is 1.91. The average Bonchev–Trinajstić information content (AvgIpc) is 2.82. The van der Waals surface area contributed by atoms with Gasteiger partial charge in [0.1, 0.15) is 11.6 Å². The second-order valence-corrected chi connectivity index (χ2v) is 4.54. The van der Waals surface area contributed by atoms with Crippen LogP contribution in [0.3, 0.4) is 0 Å². The number of nitrogens with two attached hydrogens (primary N) is 1. The number of fused-ring (bicyclic) bond motifs is 1. The predicted molar refractivity (Wildman–Crippen MR) is 79.2 cm³/mol. The molecule has 2 aromatic heterocycles. The van der Waals surface area contributed by atoms with Crippen molar-refractivity contribution >= 4 is 29.5 Å². The summed E-state index contributed by atoms with van der Waals surface area (Å²) in [6.07, 6.45) is 1.66. The van der Waals surface area contributed by atoms with E-state index in [1.54, 1.807) is 6.20 Å². The molecule has 3 aromatic rings. The number of nitrogens with one attached hydrogen (secondary N) is 1. The van der Waals surface area contributed by atoms with E-state index in [1.165, 1.54) is 0 Å². The van der Waals surface area contributed by atoms with Crippen LogP contribution in [0.15, 0.2) is 42.6 Å². The standard InChI is InChI=1S/C13H12N4S.H2O/c14-12-8(4-3-7-15-12)11(18)13-16-9-5-1-2-6-10(9)17-13;/h1-7,11,18H,(H2,14,15)(H,16,17);1H2. The van der Waals surface area contributed by atoms with Crippen LogP contribution >= 0.6 is 12.6 Å². The number of aromatic amines is 1. The van der Waals surface area contributed by atoms with Crippen LogP contribution in [0, 0.1) is 0 Å². The predicted octanol–water partition coefficient (Wildman–Crippen LogP) is 1.73. The molecule has 0 amide bonds. The highest BCUT2D eigenvalue weighted by molar-refractivity contribution is 7.80. The third-order valence-corrected chi connectivity index (χ3v) is 3.36. The SMILES string of the molecule is Nc1ncccc1C(S)c1nc2ccccc2[nH]1.O. The summed E-state index contributed by atoms with van der Waals surface area (Å²) in [7, 11) is 0. The van der Waals surface area contributed by atoms with Gasteiger partial charge in [0.25, 0.3) is 0 Å². The largest absolute Gasteiger partial charge is 0.412 e. The van der Waals surface area contributed by atoms with Gasteiger partial charge >= 0.3 is 0 Å². The maximum atomic E-state index is 5.85. The smallest absolute Gasteiger partial charge is 0.128 e. The average molecular weight is 274 g/mol. The first-order valence-electron chi connectivity index (χ1n) is 5.59. The Morgan fingerprint density at radius 3 is 2.68 bits per heavy atom. The van der Waals surface area contributed by atoms with Crippen LogP contribution in [-0.4, -0.2) is 20.4 Å². The highest BCUT2D eigenvalue weighted by atomic mass is 32.1. The maximum Gasteiger partial charge on any atom is 0.128 e. The summed E-state index contributed by atoms with van der Waals surface area (Å²) in [6, 6.07) is 11.6. The lowest BCUT2D eigenvalue weighted by Gasteiger charge is -2.09. The molecule has 1 atom stereocenters. The number of hydrogen-bond donors (Lipinski definition) is 3. The summed E-state index contributed by atoms with van der Waals surface area (Å²) >= 11 is 4.58. The Balaban J connectivity index is 0.00000133. The normalized spacial score (nSPS) is 12.1. The van der Waals surface area contributed by atoms with E-state index >= 15 is 0 Å². The first kappa shape index (κ1) is 13.4. The molecule has 0 saturated heterocycles. The second-order valence-electron chi connectivity index (χ2n) is 4.02. The van der Waals surface area contributed by atoms with Crippen molar-refractivity contribution in [1.82, 2.24) is 15.0 Å². The molecule has 5 nitrogen and oxygen atoms in total. The number of nitrogen functional groups attached to an aromatic ring is 1. The van der Waals surface area contributed by atoms with Gasteiger partial charge in [-0.3, -0.25) is 0 Å². The van der Waals surface area contributed by atoms with Crippen LogP contribution in [0.1, 0.15) is 16.6 Å². The van der Waals surface area contributed by atoms with Gasteiger partial charge in [0.05, 0.1) is 16.3 Å². The maximum absolute atomic E-state index is 5.85. The van der Waals surface area contributed by atoms with Crippen LogP contribution < -0.4 is 5.73 Å². The molecule has 0 fully saturated rings. The molecule has 2 heterocycles. The van der Waals surface area contributed by atoms with Crippen LogP contribution in [0.5, 0.6) is 0 Å². The van der Waals surface area contributed by atoms with Crippen LogP contribution in [0.2, 0.25) is 0 Å². The molecule has 3 rings (SSSR count). The topological polar surface area (TPSA) is 99.1 Å². The number of rotatable bonds is 2. The van der Waals surface area contributed by atoms with E-state index in [2.05, 4.69) is 27.6 Å². The van der Waals surface area contributed by atoms with E-state index in [9.17, 15) is 0 Å². The quantitative estimate of drug-likeness (QED) is 0.620. The number of benzene rings is 1. The second kappa shape index (κ2) is 5.29. The van der Waals surface area contributed by atoms with Crippen molar-refractivity contribution in [3.05, 3.63) is 54.0 Å². The Labute approximate surface area is 115 Å². The van der Waals surface area contributed by atoms with E-state index in [4.69, 9.17) is 5.73 Å². The van der Waals surface area contributed by atoms with E-state index in [0.29, 0.717) is 5.82 Å². The lowest BCUT2D eigenvalue weighted by Crippen LogP contribution is -2.02. The van der Waals surface area contributed by atoms with Crippen molar-refractivity contribution in [1.29, 1.82) is 0 Å². The van der Waals surface area contributed by atoms with Crippen LogP contribution in [-0.2, 0) is 0 Å². The molecule has 1 aromatic carbocycles. The van der Waals surface area contributed by atoms with Gasteiger partial charge in [0, 0.05) is 11.8 Å². The fourth-order valence-corrected chi connectivity index (χ4v) is 2.25. The number of pyridine rings is 1. The zero-order valence-electron chi connectivity index (χ0n) is 10.0. The molecule has 0 aliphatic carbocycles. The number of aromatic nitrogens is 3. The summed E-state index contributed by atoms with van der Waals surface area (Å²) in [4.78, 5) is 11.8. The molecule has 1 unspecified atom stereocenters. The van der Waals surface area contributed by atoms with Crippen molar-refractivity contribution in [2.24, 2.45) is 0 Å². The van der Waals surface area contributed by atoms with Crippen LogP contribution in [0.25, 0.3) is 11.0 Å². The summed E-state index contributed by atoms with van der Waals surface area (Å²) in [5.41, 5.74) is 8.63. The zero-order chi connectivity index (χ0) is 12.5. The third-order valence-electron chi connectivity index (χ3n) is 2.83. The molecule has 6 heteroatoms. The fraction of sp³-hybridized carbons (Fsp3) is 0.0769. The number of para-hydroxylation sites is 2. The number of thiol groups is 1. The van der Waals surface area contributed by atoms with Crippen LogP contribution in [0.4, 0.5) is 5.82 Å². The molecule has 0 aliphatic rings. The van der Waals surface area contributed by atoms with Gasteiger partial charge in [-0.1, -0.05) is 18.2 Å². The Morgan fingerprint density at radius 1 is 1.16 bits per heavy atom. The summed E-state index contributed by atoms with van der Waals surface area (Å²) < 4.78 is 0. The van der Waals surface area contributed by atoms with Crippen molar-refractivity contribution in [2.75, 3.05) is 5.73 Å². The van der Waals surface area contributed by atoms with Crippen molar-refractivity contribution in [2.45, 2.75) is 5.25 Å². The molecule has 0 spiro atoms. The lowest BCUT2D eigenvalue weighted by atomic mass is 10.2. The van der Waals surface area contributed by atoms with Gasteiger partial charge in [-0.05, 0) is 18.2 Å². The number of H-pyrrole nitrogens is 1. The highest BCUT2D eigenvalue weighted by Crippen LogP contribution is 2.30. The monoisotopic (exact) mass is 274 g/mol. The van der Waals surface area contributed by atoms with Crippen molar-refractivity contribution in [3.8, 4) is 0 Å². The van der Waals surface area contributed by atoms with Gasteiger partial charge in [-0.2, -0.15) is 12.6 Å². The lowest BCUT2D eigenvalue weighted by molar-refractivity contribution is 0.824. The molecule has 0 radical (unpaired) electrons. The van der Waals surface area contributed by atoms with Gasteiger partial charge in [-0.25, -0.2) is 9.97 Å². The Morgan fingerprint density at radius 2 is 1.95 bits per heavy atom. The first-order chi connectivity index (χ1) is 8.75. The summed E-state index contributed by atoms with van der Waals surface area (Å²) in [5, 5.41) is -0.203. The zero-order valence-corrected chi connectivity index (χ0v) is 10.9. The van der Waals surface area contributed by atoms with Crippen molar-refractivity contribution < 1.29 is 5.48 Å². The minimum Gasteiger partial charge on any atom is -0.412 e. The third kappa shape index (κ3) is 2.40. The van der Waals surface area contributed by atoms with E-state index in [-0.39, 0.29) is 10.7 Å². The molecule has 5 N–H and O–H groups in total. The number of nitrogens with zero attached hydrogens (tertiary/aromatic N) is 2.